The number of benzene rings is 1. The molecule has 0 bridgehead atoms. The number of ether oxygens (including phenoxy) is 2. The summed E-state index contributed by atoms with van der Waals surface area (Å²) in [5.41, 5.74) is 2.16. The lowest BCUT2D eigenvalue weighted by atomic mass is 10.1. The SMILES string of the molecule is Cc1cc2c(cc1CNC(=O)C(C)C)OCCO2. The number of fused-ring (bicyclic) bond motifs is 1. The molecular weight excluding hydrogens is 230 g/mol. The molecule has 0 saturated carbocycles. The largest absolute Gasteiger partial charge is 0.486 e. The summed E-state index contributed by atoms with van der Waals surface area (Å²) < 4.78 is 11.0. The molecule has 0 spiro atoms. The summed E-state index contributed by atoms with van der Waals surface area (Å²) in [6.07, 6.45) is 0. The van der Waals surface area contributed by atoms with Gasteiger partial charge < -0.3 is 14.8 Å². The van der Waals surface area contributed by atoms with Gasteiger partial charge in [0.05, 0.1) is 0 Å². The van der Waals surface area contributed by atoms with E-state index in [0.717, 1.165) is 22.6 Å². The van der Waals surface area contributed by atoms with Gasteiger partial charge in [-0.15, -0.1) is 0 Å². The minimum absolute atomic E-state index is 0.00233. The second kappa shape index (κ2) is 5.29. The monoisotopic (exact) mass is 249 g/mol. The van der Waals surface area contributed by atoms with E-state index in [0.29, 0.717) is 19.8 Å². The van der Waals surface area contributed by atoms with Gasteiger partial charge in [0.1, 0.15) is 13.2 Å². The number of nitrogens with one attached hydrogen (secondary N) is 1. The summed E-state index contributed by atoms with van der Waals surface area (Å²) in [4.78, 5) is 11.5. The van der Waals surface area contributed by atoms with Crippen LogP contribution in [0.3, 0.4) is 0 Å². The Morgan fingerprint density at radius 3 is 2.50 bits per heavy atom. The van der Waals surface area contributed by atoms with Crippen LogP contribution in [0, 0.1) is 12.8 Å². The van der Waals surface area contributed by atoms with Crippen molar-refractivity contribution in [2.45, 2.75) is 27.3 Å². The van der Waals surface area contributed by atoms with Gasteiger partial charge in [-0.1, -0.05) is 13.8 Å². The first-order chi connectivity index (χ1) is 8.58. The van der Waals surface area contributed by atoms with Gasteiger partial charge in [0, 0.05) is 12.5 Å². The van der Waals surface area contributed by atoms with Crippen molar-refractivity contribution in [3.8, 4) is 11.5 Å². The normalized spacial score (nSPS) is 13.6. The lowest BCUT2D eigenvalue weighted by Gasteiger charge is -2.20. The summed E-state index contributed by atoms with van der Waals surface area (Å²) >= 11 is 0. The van der Waals surface area contributed by atoms with Gasteiger partial charge in [-0.3, -0.25) is 4.79 Å². The van der Waals surface area contributed by atoms with Crippen LogP contribution in [0.4, 0.5) is 0 Å². The Bertz CT molecular complexity index is 455. The predicted molar refractivity (Wildman–Crippen MR) is 68.9 cm³/mol. The number of amides is 1. The summed E-state index contributed by atoms with van der Waals surface area (Å²) in [7, 11) is 0. The molecule has 2 rings (SSSR count). The van der Waals surface area contributed by atoms with Gasteiger partial charge in [-0.25, -0.2) is 0 Å². The highest BCUT2D eigenvalue weighted by atomic mass is 16.6. The van der Waals surface area contributed by atoms with Crippen LogP contribution in [-0.4, -0.2) is 19.1 Å². The van der Waals surface area contributed by atoms with E-state index in [1.54, 1.807) is 0 Å². The topological polar surface area (TPSA) is 47.6 Å². The van der Waals surface area contributed by atoms with Crippen LogP contribution in [0.5, 0.6) is 11.5 Å². The van der Waals surface area contributed by atoms with E-state index in [2.05, 4.69) is 5.32 Å². The van der Waals surface area contributed by atoms with Crippen molar-refractivity contribution >= 4 is 5.91 Å². The Balaban J connectivity index is 2.11. The average molecular weight is 249 g/mol. The molecule has 0 radical (unpaired) electrons. The maximum absolute atomic E-state index is 11.5. The van der Waals surface area contributed by atoms with Crippen LogP contribution in [0.2, 0.25) is 0 Å². The third-order valence-corrected chi connectivity index (χ3v) is 2.98. The maximum Gasteiger partial charge on any atom is 0.222 e. The lowest BCUT2D eigenvalue weighted by molar-refractivity contribution is -0.124. The van der Waals surface area contributed by atoms with E-state index in [4.69, 9.17) is 9.47 Å². The minimum Gasteiger partial charge on any atom is -0.486 e. The Morgan fingerprint density at radius 2 is 1.89 bits per heavy atom. The van der Waals surface area contributed by atoms with Gasteiger partial charge >= 0.3 is 0 Å². The fourth-order valence-corrected chi connectivity index (χ4v) is 1.81. The van der Waals surface area contributed by atoms with E-state index >= 15 is 0 Å². The van der Waals surface area contributed by atoms with Crippen LogP contribution in [0.25, 0.3) is 0 Å². The standard InChI is InChI=1S/C14H19NO3/c1-9(2)14(16)15-8-11-7-13-12(6-10(11)3)17-4-5-18-13/h6-7,9H,4-5,8H2,1-3H3,(H,15,16). The van der Waals surface area contributed by atoms with Crippen molar-refractivity contribution in [2.75, 3.05) is 13.2 Å². The van der Waals surface area contributed by atoms with Crippen LogP contribution in [-0.2, 0) is 11.3 Å². The Hall–Kier alpha value is -1.71. The van der Waals surface area contributed by atoms with E-state index in [9.17, 15) is 4.79 Å². The zero-order valence-corrected chi connectivity index (χ0v) is 11.1. The van der Waals surface area contributed by atoms with Crippen molar-refractivity contribution in [1.82, 2.24) is 5.32 Å². The molecule has 18 heavy (non-hydrogen) atoms. The highest BCUT2D eigenvalue weighted by Crippen LogP contribution is 2.32. The molecule has 0 aromatic heterocycles. The third kappa shape index (κ3) is 2.75. The molecule has 1 N–H and O–H groups in total. The fourth-order valence-electron chi connectivity index (χ4n) is 1.81. The average Bonchev–Trinajstić information content (AvgIpc) is 2.35. The molecule has 1 aromatic carbocycles. The van der Waals surface area contributed by atoms with Crippen LogP contribution in [0.1, 0.15) is 25.0 Å². The Labute approximate surface area is 107 Å². The molecular formula is C14H19NO3. The molecule has 4 heteroatoms. The third-order valence-electron chi connectivity index (χ3n) is 2.98. The van der Waals surface area contributed by atoms with Crippen molar-refractivity contribution in [2.24, 2.45) is 5.92 Å². The first-order valence-electron chi connectivity index (χ1n) is 6.24. The lowest BCUT2D eigenvalue weighted by Crippen LogP contribution is -2.27. The predicted octanol–water partition coefficient (Wildman–Crippen LogP) is 2.04. The number of aryl methyl sites for hydroxylation is 1. The number of carbonyl (C=O) groups is 1. The Morgan fingerprint density at radius 1 is 1.28 bits per heavy atom. The number of hydrogen-bond acceptors (Lipinski definition) is 3. The minimum atomic E-state index is 0.00233. The molecule has 1 heterocycles. The second-order valence-electron chi connectivity index (χ2n) is 4.79. The molecule has 0 unspecified atom stereocenters. The van der Waals surface area contributed by atoms with Crippen LogP contribution >= 0.6 is 0 Å². The highest BCUT2D eigenvalue weighted by Gasteiger charge is 2.14. The summed E-state index contributed by atoms with van der Waals surface area (Å²) in [5.74, 6) is 1.62. The first kappa shape index (κ1) is 12.7. The van der Waals surface area contributed by atoms with E-state index in [1.165, 1.54) is 0 Å². The fraction of sp³-hybridized carbons (Fsp3) is 0.500. The molecule has 1 aromatic rings. The highest BCUT2D eigenvalue weighted by molar-refractivity contribution is 5.77. The first-order valence-corrected chi connectivity index (χ1v) is 6.24. The number of rotatable bonds is 3. The molecule has 0 aliphatic carbocycles. The summed E-state index contributed by atoms with van der Waals surface area (Å²) in [5, 5.41) is 2.91. The summed E-state index contributed by atoms with van der Waals surface area (Å²) in [6, 6.07) is 3.91. The molecule has 1 aliphatic heterocycles. The van der Waals surface area contributed by atoms with E-state index < -0.39 is 0 Å². The zero-order valence-electron chi connectivity index (χ0n) is 11.1. The smallest absolute Gasteiger partial charge is 0.222 e. The van der Waals surface area contributed by atoms with Gasteiger partial charge in [-0.05, 0) is 30.2 Å². The molecule has 1 amide bonds. The van der Waals surface area contributed by atoms with Crippen LogP contribution < -0.4 is 14.8 Å². The second-order valence-corrected chi connectivity index (χ2v) is 4.79. The number of hydrogen-bond donors (Lipinski definition) is 1. The number of carbonyl (C=O) groups excluding carboxylic acids is 1. The molecule has 0 fully saturated rings. The van der Waals surface area contributed by atoms with Crippen molar-refractivity contribution in [3.05, 3.63) is 23.3 Å². The molecule has 98 valence electrons. The van der Waals surface area contributed by atoms with Crippen LogP contribution in [0.15, 0.2) is 12.1 Å². The van der Waals surface area contributed by atoms with Crippen molar-refractivity contribution in [1.29, 1.82) is 0 Å². The molecule has 1 aliphatic rings. The van der Waals surface area contributed by atoms with E-state index in [1.807, 2.05) is 32.9 Å². The van der Waals surface area contributed by atoms with Gasteiger partial charge in [-0.2, -0.15) is 0 Å². The van der Waals surface area contributed by atoms with Gasteiger partial charge in [0.15, 0.2) is 11.5 Å². The van der Waals surface area contributed by atoms with Gasteiger partial charge in [0.2, 0.25) is 5.91 Å². The maximum atomic E-state index is 11.5. The summed E-state index contributed by atoms with van der Waals surface area (Å²) in [6.45, 7) is 7.47. The van der Waals surface area contributed by atoms with Crippen molar-refractivity contribution < 1.29 is 14.3 Å². The molecule has 0 atom stereocenters. The molecule has 4 nitrogen and oxygen atoms in total. The van der Waals surface area contributed by atoms with E-state index in [-0.39, 0.29) is 11.8 Å². The zero-order chi connectivity index (χ0) is 13.1. The van der Waals surface area contributed by atoms with Gasteiger partial charge in [0.25, 0.3) is 0 Å². The van der Waals surface area contributed by atoms with Crippen molar-refractivity contribution in [3.63, 3.8) is 0 Å². The quantitative estimate of drug-likeness (QED) is 0.891. The molecule has 0 saturated heterocycles. The Kier molecular flexibility index (Phi) is 3.75.